The fourth-order valence-corrected chi connectivity index (χ4v) is 16.7. The molecule has 53 nitrogen and oxygen atoms in total. The summed E-state index contributed by atoms with van der Waals surface area (Å²) < 4.78 is 0. The number of aromatic nitrogens is 3. The van der Waals surface area contributed by atoms with Gasteiger partial charge in [-0.25, -0.2) is 9.78 Å². The standard InChI is InChI=1S/C94H152N26O27S3/c1-15-47(6)73(91(143)117-69(43-122)90(142)111-63(34-46(4)5)84(136)109-61(94(146)147)27-32-150-14)119-88(140)67(38-71(97)126)113-87(139)66(37-70(96)125)115-93(145)75(52(11)124)120-78(130)50(9)105-80(132)59(25-30-148-12)106-77(129)49(8)104-81(133)60(26-31-149-13)108-89(141)68(42-121)116-86(138)65(36-54-40-98-44-102-54)112-85(137)64(35-53-39-100-56-22-17-16-21-55(53)56)114-92(144)74(51(10)123)118-72(127)41-101-76(128)48(7)103-83(135)62(33-45(2)3)110-82(134)58(23-18-19-28-95)107-79(131)57-24-20-29-99-57/h16-17,21-22,39-40,44-52,57-69,73-75,99-100,121-124H,15,18-20,23-38,41-43,95H2,1-14H3,(H2,96,125)(H2,97,126)(H,98,102)(H,101,128)(H,103,135)(H,104,133)(H,105,132)(H,106,129)(H,107,131)(H,108,141)(H,109,136)(H,110,134)(H,111,142)(H,112,137)(H,113,139)(H,114,144)(H,115,145)(H,116,138)(H,117,143)(H,118,127)(H,119,140)(H,120,130)(H,146,147)/t47-,48-,49-,50-,51+,52+,57-,58-,59-,60-,61-,62-,63-,64-,65-,66-,67-,68-,69-,73-,74-,75-/m0/s1. The van der Waals surface area contributed by atoms with Gasteiger partial charge in [0.2, 0.25) is 124 Å². The van der Waals surface area contributed by atoms with Gasteiger partial charge in [-0.2, -0.15) is 35.3 Å². The van der Waals surface area contributed by atoms with Crippen molar-refractivity contribution in [3.8, 4) is 0 Å². The lowest BCUT2D eigenvalue weighted by Gasteiger charge is -2.29. The van der Waals surface area contributed by atoms with Crippen molar-refractivity contribution in [3.05, 3.63) is 54.2 Å². The summed E-state index contributed by atoms with van der Waals surface area (Å²) in [5, 5.41) is 103. The Morgan fingerprint density at radius 1 is 0.427 bits per heavy atom. The molecule has 4 rings (SSSR count). The van der Waals surface area contributed by atoms with Crippen LogP contribution in [0.1, 0.15) is 171 Å². The lowest BCUT2D eigenvalue weighted by atomic mass is 9.97. The van der Waals surface area contributed by atoms with Gasteiger partial charge in [-0.15, -0.1) is 0 Å². The van der Waals surface area contributed by atoms with Crippen molar-refractivity contribution in [1.82, 2.24) is 121 Å². The number of carbonyl (C=O) groups is 22. The van der Waals surface area contributed by atoms with Crippen LogP contribution in [0.5, 0.6) is 0 Å². The molecule has 0 radical (unpaired) electrons. The number of H-pyrrole nitrogens is 2. The molecule has 150 heavy (non-hydrogen) atoms. The Hall–Kier alpha value is -12.9. The normalized spacial score (nSPS) is 16.5. The molecule has 1 aliphatic rings. The zero-order valence-electron chi connectivity index (χ0n) is 86.8. The maximum absolute atomic E-state index is 15.0. The number of nitrogens with zero attached hydrogens (tertiary/aromatic N) is 1. The number of imidazole rings is 1. The molecular weight excluding hydrogens is 2020 g/mol. The highest BCUT2D eigenvalue weighted by Gasteiger charge is 2.42. The minimum absolute atomic E-state index is 0.0125. The van der Waals surface area contributed by atoms with Gasteiger partial charge >= 0.3 is 5.97 Å². The van der Waals surface area contributed by atoms with E-state index in [1.54, 1.807) is 70.0 Å². The third-order valence-corrected chi connectivity index (χ3v) is 25.9. The smallest absolute Gasteiger partial charge is 0.326 e. The Morgan fingerprint density at radius 3 is 1.29 bits per heavy atom. The Bertz CT molecular complexity index is 5030. The number of aliphatic hydroxyl groups excluding tert-OH is 4. The van der Waals surface area contributed by atoms with E-state index in [4.69, 9.17) is 17.2 Å². The number of rotatable bonds is 70. The summed E-state index contributed by atoms with van der Waals surface area (Å²) >= 11 is 3.81. The lowest BCUT2D eigenvalue weighted by Crippen LogP contribution is -2.63. The number of primary amides is 2. The predicted molar refractivity (Wildman–Crippen MR) is 553 cm³/mol. The van der Waals surface area contributed by atoms with Crippen LogP contribution in [-0.4, -0.2) is 366 Å². The van der Waals surface area contributed by atoms with Crippen molar-refractivity contribution in [1.29, 1.82) is 0 Å². The molecule has 22 atom stereocenters. The third kappa shape index (κ3) is 44.7. The number of nitrogens with two attached hydrogens (primary N) is 3. The highest BCUT2D eigenvalue weighted by Crippen LogP contribution is 2.22. The van der Waals surface area contributed by atoms with Crippen LogP contribution in [0.2, 0.25) is 0 Å². The number of benzene rings is 1. The van der Waals surface area contributed by atoms with Crippen molar-refractivity contribution in [2.45, 2.75) is 299 Å². The van der Waals surface area contributed by atoms with E-state index in [0.29, 0.717) is 54.6 Å². The van der Waals surface area contributed by atoms with Crippen LogP contribution in [0.25, 0.3) is 10.9 Å². The second-order valence-corrected chi connectivity index (χ2v) is 40.4. The molecule has 0 saturated carbocycles. The number of carbonyl (C=O) groups excluding carboxylic acids is 21. The molecule has 2 aromatic heterocycles. The molecule has 0 spiro atoms. The Kier molecular flexibility index (Phi) is 57.5. The number of fused-ring (bicyclic) bond motifs is 1. The first-order valence-corrected chi connectivity index (χ1v) is 53.6. The van der Waals surface area contributed by atoms with E-state index in [1.807, 2.05) is 13.8 Å². The highest BCUT2D eigenvalue weighted by molar-refractivity contribution is 7.99. The predicted octanol–water partition coefficient (Wildman–Crippen LogP) is -8.56. The van der Waals surface area contributed by atoms with Crippen molar-refractivity contribution in [2.24, 2.45) is 35.0 Å². The van der Waals surface area contributed by atoms with E-state index in [9.17, 15) is 131 Å². The summed E-state index contributed by atoms with van der Waals surface area (Å²) in [7, 11) is 0. The van der Waals surface area contributed by atoms with E-state index < -0.39 is 296 Å². The molecule has 1 aliphatic heterocycles. The number of hydrogen-bond acceptors (Lipinski definition) is 32. The fraction of sp³-hybridized carbons (Fsp3) is 0.649. The minimum Gasteiger partial charge on any atom is -0.480 e. The number of carboxylic acid groups (broad SMARTS) is 1. The molecule has 3 aromatic rings. The molecule has 0 unspecified atom stereocenters. The molecular formula is C94H152N26O27S3. The fourth-order valence-electron chi connectivity index (χ4n) is 15.3. The van der Waals surface area contributed by atoms with E-state index in [2.05, 4.69) is 121 Å². The number of para-hydroxylation sites is 1. The summed E-state index contributed by atoms with van der Waals surface area (Å²) in [6.45, 7) is 13.9. The van der Waals surface area contributed by atoms with Crippen LogP contribution in [0, 0.1) is 17.8 Å². The SMILES string of the molecule is CC[C@H](C)[C@H](NC(=O)[C@H](CC(N)=O)NC(=O)[C@H](CC(N)=O)NC(=O)[C@@H](NC(=O)[C@H](C)NC(=O)[C@H](CCSC)NC(=O)[C@H](C)NC(=O)[C@H](CCSC)NC(=O)[C@H](CO)NC(=O)[C@H](Cc1cnc[nH]1)NC(=O)[C@H](Cc1c[nH]c2ccccc12)NC(=O)[C@@H](NC(=O)CNC(=O)[C@H](C)NC(=O)[C@H](CC(C)C)NC(=O)[C@H](CCCCN)NC(=O)[C@@H]1CCCN1)[C@@H](C)O)[C@@H](C)O)C(=O)N[C@@H](CO)C(=O)N[C@@H](CC(C)C)C(=O)N[C@@H](CCSC)C(=O)O. The van der Waals surface area contributed by atoms with Crippen molar-refractivity contribution in [2.75, 3.05) is 68.9 Å². The lowest BCUT2D eigenvalue weighted by molar-refractivity contribution is -0.142. The number of aliphatic hydroxyl groups is 4. The average molecular weight is 2170 g/mol. The van der Waals surface area contributed by atoms with Gasteiger partial charge in [0.25, 0.3) is 0 Å². The number of thioether (sulfide) groups is 3. The van der Waals surface area contributed by atoms with Crippen LogP contribution in [0.15, 0.2) is 43.0 Å². The summed E-state index contributed by atoms with van der Waals surface area (Å²) in [4.78, 5) is 313. The summed E-state index contributed by atoms with van der Waals surface area (Å²) in [6, 6.07) is -22.5. The number of amides is 21. The molecule has 1 aromatic carbocycles. The monoisotopic (exact) mass is 2170 g/mol. The number of aromatic amines is 2. The topological polar surface area (TPSA) is 840 Å². The van der Waals surface area contributed by atoms with Crippen molar-refractivity contribution >= 4 is 176 Å². The van der Waals surface area contributed by atoms with E-state index >= 15 is 0 Å². The first-order chi connectivity index (χ1) is 70.8. The Labute approximate surface area is 881 Å². The molecule has 0 bridgehead atoms. The van der Waals surface area contributed by atoms with Crippen LogP contribution < -0.4 is 124 Å². The summed E-state index contributed by atoms with van der Waals surface area (Å²) in [5.74, 6) is -23.6. The molecule has 56 heteroatoms. The minimum atomic E-state index is -2.07. The van der Waals surface area contributed by atoms with Gasteiger partial charge in [0, 0.05) is 41.8 Å². The Morgan fingerprint density at radius 2 is 0.813 bits per heavy atom. The first-order valence-electron chi connectivity index (χ1n) is 49.4. The third-order valence-electron chi connectivity index (χ3n) is 24.0. The second-order valence-electron chi connectivity index (χ2n) is 37.5. The highest BCUT2D eigenvalue weighted by atomic mass is 32.2. The van der Waals surface area contributed by atoms with Crippen molar-refractivity contribution in [3.63, 3.8) is 0 Å². The molecule has 1 fully saturated rings. The number of nitrogens with one attached hydrogen (secondary N) is 22. The quantitative estimate of drug-likeness (QED) is 0.0233. The largest absolute Gasteiger partial charge is 0.480 e. The van der Waals surface area contributed by atoms with Gasteiger partial charge < -0.3 is 159 Å². The van der Waals surface area contributed by atoms with Crippen LogP contribution in [0.4, 0.5) is 0 Å². The van der Waals surface area contributed by atoms with Crippen molar-refractivity contribution < 1.29 is 131 Å². The maximum Gasteiger partial charge on any atom is 0.326 e. The van der Waals surface area contributed by atoms with Gasteiger partial charge in [-0.05, 0) is 177 Å². The van der Waals surface area contributed by atoms with E-state index in [1.165, 1.54) is 68.6 Å². The van der Waals surface area contributed by atoms with Gasteiger partial charge in [0.15, 0.2) is 0 Å². The number of carboxylic acids is 1. The average Bonchev–Trinajstić information content (AvgIpc) is 1.65. The number of aliphatic carboxylic acids is 1. The first kappa shape index (κ1) is 129. The maximum atomic E-state index is 15.0. The van der Waals surface area contributed by atoms with Gasteiger partial charge in [-0.3, -0.25) is 101 Å². The zero-order chi connectivity index (χ0) is 112. The number of unbranched alkanes of at least 4 members (excludes halogenated alkanes) is 1. The second kappa shape index (κ2) is 66.6. The number of hydrogen-bond donors (Lipinski definition) is 30. The molecule has 33 N–H and O–H groups in total. The van der Waals surface area contributed by atoms with Gasteiger partial charge in [-0.1, -0.05) is 66.2 Å². The van der Waals surface area contributed by atoms with Gasteiger partial charge in [0.05, 0.1) is 57.2 Å². The van der Waals surface area contributed by atoms with Crippen LogP contribution in [-0.2, 0) is 118 Å². The Balaban J connectivity index is 1.47. The van der Waals surface area contributed by atoms with Crippen LogP contribution >= 0.6 is 35.3 Å². The van der Waals surface area contributed by atoms with Gasteiger partial charge in [0.1, 0.15) is 109 Å². The van der Waals surface area contributed by atoms with E-state index in [0.717, 1.165) is 27.2 Å². The van der Waals surface area contributed by atoms with Crippen LogP contribution in [0.3, 0.4) is 0 Å². The molecule has 3 heterocycles. The zero-order valence-corrected chi connectivity index (χ0v) is 89.2. The molecule has 1 saturated heterocycles. The summed E-state index contributed by atoms with van der Waals surface area (Å²) in [6.07, 6.45) is 5.58. The molecule has 838 valence electrons. The summed E-state index contributed by atoms with van der Waals surface area (Å²) in [5.41, 5.74) is 18.0. The molecule has 0 aliphatic carbocycles. The van der Waals surface area contributed by atoms with E-state index in [-0.39, 0.29) is 86.3 Å². The molecule has 21 amide bonds.